The molecule has 2 amide bonds. The molecule has 7 heteroatoms. The van der Waals surface area contributed by atoms with E-state index in [0.29, 0.717) is 12.5 Å². The van der Waals surface area contributed by atoms with Gasteiger partial charge in [0.15, 0.2) is 5.82 Å². The first-order chi connectivity index (χ1) is 11.0. The Bertz CT molecular complexity index is 567. The van der Waals surface area contributed by atoms with Gasteiger partial charge in [0.2, 0.25) is 0 Å². The molecular weight excluding hydrogens is 294 g/mol. The highest BCUT2D eigenvalue weighted by Gasteiger charge is 2.32. The summed E-state index contributed by atoms with van der Waals surface area (Å²) in [5.74, 6) is 2.44. The van der Waals surface area contributed by atoms with E-state index in [1.165, 1.54) is 0 Å². The molecule has 1 aliphatic heterocycles. The number of urea groups is 1. The van der Waals surface area contributed by atoms with Crippen LogP contribution in [0.25, 0.3) is 0 Å². The van der Waals surface area contributed by atoms with Crippen LogP contribution in [-0.2, 0) is 13.0 Å². The van der Waals surface area contributed by atoms with Gasteiger partial charge >= 0.3 is 6.03 Å². The molecule has 1 aliphatic carbocycles. The Morgan fingerprint density at radius 3 is 2.83 bits per heavy atom. The standard InChI is InChI=1S/C16H27N5O2/c1-10(2)14(15-19-18-13-5-4-8-21(13)15)17-16(23)20(3)9-12(22)11-6-7-11/h10-12,14,22H,4-9H2,1-3H3,(H,17,23)/t12-,14+/m0/s1. The lowest BCUT2D eigenvalue weighted by Crippen LogP contribution is -2.44. The fraction of sp³-hybridized carbons (Fsp3) is 0.812. The van der Waals surface area contributed by atoms with E-state index >= 15 is 0 Å². The summed E-state index contributed by atoms with van der Waals surface area (Å²) in [7, 11) is 1.73. The van der Waals surface area contributed by atoms with Gasteiger partial charge in [-0.3, -0.25) is 0 Å². The van der Waals surface area contributed by atoms with Crippen molar-refractivity contribution in [3.05, 3.63) is 11.6 Å². The largest absolute Gasteiger partial charge is 0.391 e. The van der Waals surface area contributed by atoms with E-state index in [1.54, 1.807) is 11.9 Å². The molecule has 23 heavy (non-hydrogen) atoms. The van der Waals surface area contributed by atoms with E-state index in [4.69, 9.17) is 0 Å². The number of nitrogens with one attached hydrogen (secondary N) is 1. The van der Waals surface area contributed by atoms with Gasteiger partial charge in [-0.15, -0.1) is 10.2 Å². The highest BCUT2D eigenvalue weighted by Crippen LogP contribution is 2.32. The first kappa shape index (κ1) is 16.2. The predicted octanol–water partition coefficient (Wildman–Crippen LogP) is 1.33. The van der Waals surface area contributed by atoms with Crippen LogP contribution in [0.2, 0.25) is 0 Å². The first-order valence-electron chi connectivity index (χ1n) is 8.59. The van der Waals surface area contributed by atoms with E-state index in [1.807, 2.05) is 0 Å². The zero-order chi connectivity index (χ0) is 16.6. The molecule has 1 fully saturated rings. The Morgan fingerprint density at radius 2 is 2.17 bits per heavy atom. The predicted molar refractivity (Wildman–Crippen MR) is 85.8 cm³/mol. The molecular formula is C16H27N5O2. The Morgan fingerprint density at radius 1 is 1.43 bits per heavy atom. The summed E-state index contributed by atoms with van der Waals surface area (Å²) in [6.45, 7) is 5.44. The highest BCUT2D eigenvalue weighted by atomic mass is 16.3. The monoisotopic (exact) mass is 321 g/mol. The second-order valence-corrected chi connectivity index (χ2v) is 7.19. The molecule has 0 aromatic carbocycles. The van der Waals surface area contributed by atoms with Crippen molar-refractivity contribution in [3.63, 3.8) is 0 Å². The number of hydrogen-bond donors (Lipinski definition) is 2. The summed E-state index contributed by atoms with van der Waals surface area (Å²) in [4.78, 5) is 14.0. The summed E-state index contributed by atoms with van der Waals surface area (Å²) in [5.41, 5.74) is 0. The van der Waals surface area contributed by atoms with Crippen molar-refractivity contribution in [2.75, 3.05) is 13.6 Å². The van der Waals surface area contributed by atoms with E-state index in [-0.39, 0.29) is 18.0 Å². The summed E-state index contributed by atoms with van der Waals surface area (Å²) in [6, 6.07) is -0.332. The van der Waals surface area contributed by atoms with Crippen LogP contribution in [0.5, 0.6) is 0 Å². The Kier molecular flexibility index (Phi) is 4.57. The van der Waals surface area contributed by atoms with Crippen LogP contribution in [0, 0.1) is 11.8 Å². The van der Waals surface area contributed by atoms with Crippen LogP contribution >= 0.6 is 0 Å². The first-order valence-corrected chi connectivity index (χ1v) is 8.59. The van der Waals surface area contributed by atoms with Crippen molar-refractivity contribution in [1.82, 2.24) is 25.0 Å². The van der Waals surface area contributed by atoms with Crippen LogP contribution in [0.1, 0.15) is 50.8 Å². The third-order valence-corrected chi connectivity index (χ3v) is 4.84. The molecule has 3 rings (SSSR count). The van der Waals surface area contributed by atoms with Crippen LogP contribution in [0.4, 0.5) is 4.79 Å². The molecule has 2 aliphatic rings. The number of aromatic nitrogens is 3. The van der Waals surface area contributed by atoms with Crippen molar-refractivity contribution in [1.29, 1.82) is 0 Å². The van der Waals surface area contributed by atoms with Crippen LogP contribution in [-0.4, -0.2) is 50.5 Å². The smallest absolute Gasteiger partial charge is 0.317 e. The lowest BCUT2D eigenvalue weighted by atomic mass is 10.0. The van der Waals surface area contributed by atoms with Crippen molar-refractivity contribution in [3.8, 4) is 0 Å². The minimum absolute atomic E-state index is 0.164. The minimum atomic E-state index is -0.416. The van der Waals surface area contributed by atoms with Gasteiger partial charge in [-0.1, -0.05) is 13.8 Å². The number of rotatable bonds is 6. The maximum atomic E-state index is 12.5. The molecule has 1 aromatic heterocycles. The molecule has 0 unspecified atom stereocenters. The number of amides is 2. The van der Waals surface area contributed by atoms with Crippen molar-refractivity contribution in [2.45, 2.75) is 58.2 Å². The molecule has 128 valence electrons. The number of nitrogens with zero attached hydrogens (tertiary/aromatic N) is 4. The third-order valence-electron chi connectivity index (χ3n) is 4.84. The molecule has 1 saturated carbocycles. The zero-order valence-corrected chi connectivity index (χ0v) is 14.2. The van der Waals surface area contributed by atoms with Gasteiger partial charge in [0, 0.05) is 26.6 Å². The van der Waals surface area contributed by atoms with E-state index in [9.17, 15) is 9.90 Å². The van der Waals surface area contributed by atoms with Gasteiger partial charge < -0.3 is 19.9 Å². The summed E-state index contributed by atoms with van der Waals surface area (Å²) < 4.78 is 2.13. The zero-order valence-electron chi connectivity index (χ0n) is 14.2. The van der Waals surface area contributed by atoms with Crippen molar-refractivity contribution >= 4 is 6.03 Å². The number of hydrogen-bond acceptors (Lipinski definition) is 4. The Hall–Kier alpha value is -1.63. The van der Waals surface area contributed by atoms with Gasteiger partial charge in [-0.05, 0) is 31.1 Å². The van der Waals surface area contributed by atoms with Crippen molar-refractivity contribution in [2.24, 2.45) is 11.8 Å². The molecule has 2 N–H and O–H groups in total. The quantitative estimate of drug-likeness (QED) is 0.828. The van der Waals surface area contributed by atoms with E-state index < -0.39 is 6.10 Å². The number of carbonyl (C=O) groups excluding carboxylic acids is 1. The molecule has 2 atom stereocenters. The number of fused-ring (bicyclic) bond motifs is 1. The second-order valence-electron chi connectivity index (χ2n) is 7.19. The second kappa shape index (κ2) is 6.47. The lowest BCUT2D eigenvalue weighted by Gasteiger charge is -2.27. The number of carbonyl (C=O) groups is 1. The lowest BCUT2D eigenvalue weighted by molar-refractivity contribution is 0.111. The van der Waals surface area contributed by atoms with Crippen LogP contribution < -0.4 is 5.32 Å². The summed E-state index contributed by atoms with van der Waals surface area (Å²) in [5, 5.41) is 21.6. The molecule has 7 nitrogen and oxygen atoms in total. The summed E-state index contributed by atoms with van der Waals surface area (Å²) >= 11 is 0. The van der Waals surface area contributed by atoms with Crippen molar-refractivity contribution < 1.29 is 9.90 Å². The maximum Gasteiger partial charge on any atom is 0.317 e. The topological polar surface area (TPSA) is 83.3 Å². The normalized spacial score (nSPS) is 19.5. The van der Waals surface area contributed by atoms with Crippen LogP contribution in [0.15, 0.2) is 0 Å². The SMILES string of the molecule is CC(C)[C@@H](NC(=O)N(C)C[C@H](O)C1CC1)c1nnc2n1CCC2. The molecule has 1 aromatic rings. The van der Waals surface area contributed by atoms with Gasteiger partial charge in [0.25, 0.3) is 0 Å². The van der Waals surface area contributed by atoms with Gasteiger partial charge in [-0.25, -0.2) is 4.79 Å². The highest BCUT2D eigenvalue weighted by molar-refractivity contribution is 5.74. The Balaban J connectivity index is 1.65. The molecule has 0 bridgehead atoms. The molecule has 0 saturated heterocycles. The number of aryl methyl sites for hydroxylation is 1. The van der Waals surface area contributed by atoms with Crippen LogP contribution in [0.3, 0.4) is 0 Å². The van der Waals surface area contributed by atoms with Gasteiger partial charge in [0.05, 0.1) is 12.1 Å². The third kappa shape index (κ3) is 3.49. The van der Waals surface area contributed by atoms with Gasteiger partial charge in [0.1, 0.15) is 5.82 Å². The van der Waals surface area contributed by atoms with E-state index in [2.05, 4.69) is 33.9 Å². The molecule has 2 heterocycles. The fourth-order valence-corrected chi connectivity index (χ4v) is 3.17. The number of likely N-dealkylation sites (N-methyl/N-ethyl adjacent to an activating group) is 1. The molecule has 0 radical (unpaired) electrons. The average molecular weight is 321 g/mol. The summed E-state index contributed by atoms with van der Waals surface area (Å²) in [6.07, 6.45) is 3.76. The van der Waals surface area contributed by atoms with Gasteiger partial charge in [-0.2, -0.15) is 0 Å². The fourth-order valence-electron chi connectivity index (χ4n) is 3.17. The average Bonchev–Trinajstić information content (AvgIpc) is 3.13. The number of aliphatic hydroxyl groups excluding tert-OH is 1. The molecule has 0 spiro atoms. The maximum absolute atomic E-state index is 12.5. The Labute approximate surface area is 137 Å². The number of aliphatic hydroxyl groups is 1. The van der Waals surface area contributed by atoms with E-state index in [0.717, 1.165) is 43.9 Å². The minimum Gasteiger partial charge on any atom is -0.391 e.